The zero-order chi connectivity index (χ0) is 11.7. The first kappa shape index (κ1) is 10.8. The second-order valence-corrected chi connectivity index (χ2v) is 4.61. The molecule has 0 bridgehead atoms. The molecule has 0 saturated carbocycles. The first-order valence-corrected chi connectivity index (χ1v) is 6.23. The lowest BCUT2D eigenvalue weighted by Gasteiger charge is -2.30. The Labute approximate surface area is 105 Å². The van der Waals surface area contributed by atoms with Crippen LogP contribution in [0.5, 0.6) is 0 Å². The first-order chi connectivity index (χ1) is 8.36. The number of hydrogen-bond donors (Lipinski definition) is 1. The molecule has 4 heteroatoms. The molecule has 1 aliphatic rings. The van der Waals surface area contributed by atoms with Crippen molar-refractivity contribution in [1.29, 1.82) is 0 Å². The molecule has 17 heavy (non-hydrogen) atoms. The molecule has 1 aliphatic heterocycles. The first-order valence-electron chi connectivity index (χ1n) is 5.85. The van der Waals surface area contributed by atoms with Crippen LogP contribution in [0, 0.1) is 0 Å². The molecule has 1 fully saturated rings. The largest absolute Gasteiger partial charge is 0.367 e. The summed E-state index contributed by atoms with van der Waals surface area (Å²) in [5, 5.41) is 5.16. The summed E-state index contributed by atoms with van der Waals surface area (Å²) in [6.45, 7) is 4.09. The van der Waals surface area contributed by atoms with Crippen LogP contribution in [-0.2, 0) is 0 Å². The molecule has 1 N–H and O–H groups in total. The van der Waals surface area contributed by atoms with Crippen molar-refractivity contribution < 1.29 is 0 Å². The minimum Gasteiger partial charge on any atom is -0.367 e. The molecule has 0 radical (unpaired) electrons. The Hall–Kier alpha value is -1.32. The van der Waals surface area contributed by atoms with Crippen LogP contribution >= 0.6 is 11.6 Å². The van der Waals surface area contributed by atoms with Crippen molar-refractivity contribution in [1.82, 2.24) is 10.3 Å². The van der Waals surface area contributed by atoms with E-state index >= 15 is 0 Å². The molecule has 0 atom stereocenters. The molecule has 1 saturated heterocycles. The third-order valence-electron chi connectivity index (χ3n) is 3.15. The van der Waals surface area contributed by atoms with Gasteiger partial charge in [-0.15, -0.1) is 0 Å². The maximum atomic E-state index is 6.20. The fourth-order valence-electron chi connectivity index (χ4n) is 2.28. The quantitative estimate of drug-likeness (QED) is 0.838. The van der Waals surface area contributed by atoms with E-state index in [2.05, 4.69) is 21.3 Å². The van der Waals surface area contributed by atoms with Crippen molar-refractivity contribution >= 4 is 28.2 Å². The van der Waals surface area contributed by atoms with Crippen LogP contribution in [-0.4, -0.2) is 31.2 Å². The zero-order valence-corrected chi connectivity index (χ0v) is 10.2. The number of benzene rings is 1. The molecule has 88 valence electrons. The number of halogens is 1. The van der Waals surface area contributed by atoms with Gasteiger partial charge in [0.15, 0.2) is 0 Å². The Morgan fingerprint density at radius 2 is 2.00 bits per heavy atom. The Morgan fingerprint density at radius 1 is 1.18 bits per heavy atom. The van der Waals surface area contributed by atoms with Crippen molar-refractivity contribution in [2.75, 3.05) is 31.1 Å². The van der Waals surface area contributed by atoms with Crippen LogP contribution in [0.25, 0.3) is 10.9 Å². The van der Waals surface area contributed by atoms with Crippen LogP contribution in [0.2, 0.25) is 5.02 Å². The van der Waals surface area contributed by atoms with E-state index in [1.807, 2.05) is 24.4 Å². The van der Waals surface area contributed by atoms with Gasteiger partial charge in [-0.1, -0.05) is 11.6 Å². The van der Waals surface area contributed by atoms with E-state index < -0.39 is 0 Å². The van der Waals surface area contributed by atoms with E-state index in [0.717, 1.165) is 42.1 Å². The number of rotatable bonds is 1. The molecular weight excluding hydrogens is 234 g/mol. The van der Waals surface area contributed by atoms with Crippen molar-refractivity contribution in [2.45, 2.75) is 0 Å². The van der Waals surface area contributed by atoms with Gasteiger partial charge in [-0.3, -0.25) is 4.98 Å². The molecule has 0 amide bonds. The van der Waals surface area contributed by atoms with Gasteiger partial charge in [0.05, 0.1) is 16.2 Å². The topological polar surface area (TPSA) is 28.2 Å². The van der Waals surface area contributed by atoms with Gasteiger partial charge >= 0.3 is 0 Å². The van der Waals surface area contributed by atoms with E-state index in [1.165, 1.54) is 5.69 Å². The summed E-state index contributed by atoms with van der Waals surface area (Å²) in [6.07, 6.45) is 1.82. The van der Waals surface area contributed by atoms with Gasteiger partial charge in [-0.25, -0.2) is 0 Å². The SMILES string of the molecule is Clc1ccc(N2CCNCC2)c2ncccc12. The molecular formula is C13H14ClN3. The van der Waals surface area contributed by atoms with Gasteiger partial charge in [0.25, 0.3) is 0 Å². The number of anilines is 1. The van der Waals surface area contributed by atoms with Crippen molar-refractivity contribution in [3.8, 4) is 0 Å². The fourth-order valence-corrected chi connectivity index (χ4v) is 2.50. The lowest BCUT2D eigenvalue weighted by atomic mass is 10.1. The third kappa shape index (κ3) is 1.96. The third-order valence-corrected chi connectivity index (χ3v) is 3.48. The second kappa shape index (κ2) is 4.51. The minimum atomic E-state index is 0.770. The highest BCUT2D eigenvalue weighted by atomic mass is 35.5. The molecule has 0 aliphatic carbocycles. The van der Waals surface area contributed by atoms with Crippen LogP contribution in [0.4, 0.5) is 5.69 Å². The number of hydrogen-bond acceptors (Lipinski definition) is 3. The molecule has 3 rings (SSSR count). The maximum Gasteiger partial charge on any atom is 0.0950 e. The van der Waals surface area contributed by atoms with Gasteiger partial charge in [-0.2, -0.15) is 0 Å². The summed E-state index contributed by atoms with van der Waals surface area (Å²) >= 11 is 6.20. The zero-order valence-electron chi connectivity index (χ0n) is 9.49. The summed E-state index contributed by atoms with van der Waals surface area (Å²) in [6, 6.07) is 7.98. The predicted molar refractivity (Wildman–Crippen MR) is 71.8 cm³/mol. The summed E-state index contributed by atoms with van der Waals surface area (Å²) in [5.74, 6) is 0. The van der Waals surface area contributed by atoms with E-state index in [-0.39, 0.29) is 0 Å². The lowest BCUT2D eigenvalue weighted by molar-refractivity contribution is 0.590. The van der Waals surface area contributed by atoms with Crippen molar-refractivity contribution in [3.05, 3.63) is 35.5 Å². The Morgan fingerprint density at radius 3 is 2.82 bits per heavy atom. The standard InChI is InChI=1S/C13H14ClN3/c14-11-3-4-12(17-8-6-15-7-9-17)13-10(11)2-1-5-16-13/h1-5,15H,6-9H2. The molecule has 3 nitrogen and oxygen atoms in total. The molecule has 0 spiro atoms. The van der Waals surface area contributed by atoms with Crippen LogP contribution in [0.15, 0.2) is 30.5 Å². The Kier molecular flexibility index (Phi) is 2.87. The molecule has 0 unspecified atom stereocenters. The van der Waals surface area contributed by atoms with Crippen molar-refractivity contribution in [3.63, 3.8) is 0 Å². The maximum absolute atomic E-state index is 6.20. The fraction of sp³-hybridized carbons (Fsp3) is 0.308. The van der Waals surface area contributed by atoms with E-state index in [4.69, 9.17) is 11.6 Å². The highest BCUT2D eigenvalue weighted by Crippen LogP contribution is 2.30. The highest BCUT2D eigenvalue weighted by molar-refractivity contribution is 6.35. The number of fused-ring (bicyclic) bond motifs is 1. The number of aromatic nitrogens is 1. The number of piperazine rings is 1. The average Bonchev–Trinajstić information content (AvgIpc) is 2.41. The van der Waals surface area contributed by atoms with Gasteiger partial charge in [0, 0.05) is 37.8 Å². The van der Waals surface area contributed by atoms with Crippen LogP contribution in [0.1, 0.15) is 0 Å². The lowest BCUT2D eigenvalue weighted by Crippen LogP contribution is -2.43. The number of nitrogens with one attached hydrogen (secondary N) is 1. The normalized spacial score (nSPS) is 16.4. The summed E-state index contributed by atoms with van der Waals surface area (Å²) in [4.78, 5) is 6.83. The van der Waals surface area contributed by atoms with Gasteiger partial charge < -0.3 is 10.2 Å². The highest BCUT2D eigenvalue weighted by Gasteiger charge is 2.14. The Balaban J connectivity index is 2.12. The second-order valence-electron chi connectivity index (χ2n) is 4.20. The summed E-state index contributed by atoms with van der Waals surface area (Å²) in [5.41, 5.74) is 2.19. The molecule has 1 aromatic heterocycles. The van der Waals surface area contributed by atoms with E-state index in [1.54, 1.807) is 0 Å². The monoisotopic (exact) mass is 247 g/mol. The van der Waals surface area contributed by atoms with Crippen LogP contribution < -0.4 is 10.2 Å². The van der Waals surface area contributed by atoms with Crippen LogP contribution in [0.3, 0.4) is 0 Å². The summed E-state index contributed by atoms with van der Waals surface area (Å²) < 4.78 is 0. The molecule has 2 aromatic rings. The van der Waals surface area contributed by atoms with Crippen molar-refractivity contribution in [2.24, 2.45) is 0 Å². The van der Waals surface area contributed by atoms with Gasteiger partial charge in [-0.05, 0) is 24.3 Å². The summed E-state index contributed by atoms with van der Waals surface area (Å²) in [7, 11) is 0. The van der Waals surface area contributed by atoms with E-state index in [9.17, 15) is 0 Å². The average molecular weight is 248 g/mol. The predicted octanol–water partition coefficient (Wildman–Crippen LogP) is 2.30. The van der Waals surface area contributed by atoms with Gasteiger partial charge in [0.1, 0.15) is 0 Å². The number of pyridine rings is 1. The number of nitrogens with zero attached hydrogens (tertiary/aromatic N) is 2. The smallest absolute Gasteiger partial charge is 0.0950 e. The molecule has 1 aromatic carbocycles. The van der Waals surface area contributed by atoms with E-state index in [0.29, 0.717) is 0 Å². The van der Waals surface area contributed by atoms with Gasteiger partial charge in [0.2, 0.25) is 0 Å². The molecule has 2 heterocycles. The Bertz CT molecular complexity index is 535. The minimum absolute atomic E-state index is 0.770.